The number of benzene rings is 1. The van der Waals surface area contributed by atoms with Crippen molar-refractivity contribution < 1.29 is 4.74 Å². The molecular formula is C17H25N3O. The molecule has 2 aromatic rings. The highest BCUT2D eigenvalue weighted by atomic mass is 16.5. The van der Waals surface area contributed by atoms with E-state index in [0.717, 1.165) is 42.9 Å². The molecule has 0 amide bonds. The second kappa shape index (κ2) is 7.27. The predicted molar refractivity (Wildman–Crippen MR) is 85.7 cm³/mol. The lowest BCUT2D eigenvalue weighted by atomic mass is 10.0. The number of hydrogen-bond donors (Lipinski definition) is 1. The summed E-state index contributed by atoms with van der Waals surface area (Å²) in [6.07, 6.45) is 6.62. The molecule has 0 aliphatic carbocycles. The summed E-state index contributed by atoms with van der Waals surface area (Å²) in [5.41, 5.74) is 8.36. The predicted octanol–water partition coefficient (Wildman–Crippen LogP) is 3.67. The first-order valence-corrected chi connectivity index (χ1v) is 7.67. The van der Waals surface area contributed by atoms with Crippen molar-refractivity contribution in [3.63, 3.8) is 0 Å². The van der Waals surface area contributed by atoms with Crippen LogP contribution >= 0.6 is 0 Å². The summed E-state index contributed by atoms with van der Waals surface area (Å²) < 4.78 is 7.87. The van der Waals surface area contributed by atoms with Gasteiger partial charge >= 0.3 is 0 Å². The maximum Gasteiger partial charge on any atom is 0.165 e. The molecule has 0 spiro atoms. The topological polar surface area (TPSA) is 53.1 Å². The number of rotatable bonds is 7. The van der Waals surface area contributed by atoms with Crippen molar-refractivity contribution in [2.45, 2.75) is 52.6 Å². The van der Waals surface area contributed by atoms with E-state index >= 15 is 0 Å². The van der Waals surface area contributed by atoms with Gasteiger partial charge in [0.25, 0.3) is 0 Å². The van der Waals surface area contributed by atoms with E-state index in [0.29, 0.717) is 0 Å². The molecule has 1 atom stereocenters. The zero-order valence-corrected chi connectivity index (χ0v) is 13.2. The van der Waals surface area contributed by atoms with Crippen molar-refractivity contribution in [3.05, 3.63) is 41.7 Å². The van der Waals surface area contributed by atoms with E-state index in [4.69, 9.17) is 10.5 Å². The van der Waals surface area contributed by atoms with Gasteiger partial charge in [0.2, 0.25) is 0 Å². The van der Waals surface area contributed by atoms with Gasteiger partial charge in [-0.25, -0.2) is 0 Å². The van der Waals surface area contributed by atoms with Crippen LogP contribution < -0.4 is 10.5 Å². The summed E-state index contributed by atoms with van der Waals surface area (Å²) >= 11 is 0. The average Bonchev–Trinajstić information content (AvgIpc) is 2.90. The molecule has 114 valence electrons. The lowest BCUT2D eigenvalue weighted by Gasteiger charge is -2.12. The zero-order chi connectivity index (χ0) is 15.2. The molecule has 4 heteroatoms. The standard InChI is InChI=1S/C17H25N3O/c1-4-8-20-12-16(11-19-20)21-17-10-14(7-6-13(17)3)9-15(18)5-2/h6-7,10-12,15H,4-5,8-9,18H2,1-3H3. The van der Waals surface area contributed by atoms with Gasteiger partial charge in [-0.2, -0.15) is 5.10 Å². The summed E-state index contributed by atoms with van der Waals surface area (Å²) in [5.74, 6) is 1.66. The van der Waals surface area contributed by atoms with E-state index in [-0.39, 0.29) is 6.04 Å². The minimum Gasteiger partial charge on any atom is -0.454 e. The lowest BCUT2D eigenvalue weighted by Crippen LogP contribution is -2.21. The number of nitrogens with zero attached hydrogens (tertiary/aromatic N) is 2. The van der Waals surface area contributed by atoms with Crippen LogP contribution in [0.5, 0.6) is 11.5 Å². The second-order valence-electron chi connectivity index (χ2n) is 5.51. The molecular weight excluding hydrogens is 262 g/mol. The number of hydrogen-bond acceptors (Lipinski definition) is 3. The zero-order valence-electron chi connectivity index (χ0n) is 13.2. The minimum absolute atomic E-state index is 0.202. The molecule has 2 rings (SSSR count). The Hall–Kier alpha value is -1.81. The molecule has 1 aromatic carbocycles. The van der Waals surface area contributed by atoms with Gasteiger partial charge in [-0.1, -0.05) is 26.0 Å². The smallest absolute Gasteiger partial charge is 0.165 e. The lowest BCUT2D eigenvalue weighted by molar-refractivity contribution is 0.475. The Bertz CT molecular complexity index is 577. The van der Waals surface area contributed by atoms with Gasteiger partial charge in [0.15, 0.2) is 5.75 Å². The average molecular weight is 287 g/mol. The first kappa shape index (κ1) is 15.6. The van der Waals surface area contributed by atoms with Crippen molar-refractivity contribution in [2.75, 3.05) is 0 Å². The minimum atomic E-state index is 0.202. The molecule has 0 aliphatic rings. The molecule has 21 heavy (non-hydrogen) atoms. The Morgan fingerprint density at radius 2 is 2.14 bits per heavy atom. The molecule has 0 fully saturated rings. The third kappa shape index (κ3) is 4.33. The molecule has 1 aromatic heterocycles. The molecule has 4 nitrogen and oxygen atoms in total. The monoisotopic (exact) mass is 287 g/mol. The van der Waals surface area contributed by atoms with E-state index in [1.807, 2.05) is 10.9 Å². The van der Waals surface area contributed by atoms with Gasteiger partial charge in [-0.15, -0.1) is 0 Å². The molecule has 1 heterocycles. The molecule has 2 N–H and O–H groups in total. The maximum atomic E-state index is 6.03. The quantitative estimate of drug-likeness (QED) is 0.845. The first-order valence-electron chi connectivity index (χ1n) is 7.67. The van der Waals surface area contributed by atoms with Gasteiger partial charge in [-0.3, -0.25) is 4.68 Å². The van der Waals surface area contributed by atoms with Crippen LogP contribution in [0, 0.1) is 6.92 Å². The number of aromatic nitrogens is 2. The van der Waals surface area contributed by atoms with E-state index < -0.39 is 0 Å². The van der Waals surface area contributed by atoms with Crippen LogP contribution in [0.2, 0.25) is 0 Å². The normalized spacial score (nSPS) is 12.4. The Labute approximate surface area is 126 Å². The van der Waals surface area contributed by atoms with Gasteiger partial charge in [-0.05, 0) is 43.4 Å². The van der Waals surface area contributed by atoms with E-state index in [9.17, 15) is 0 Å². The highest BCUT2D eigenvalue weighted by Gasteiger charge is 2.07. The second-order valence-corrected chi connectivity index (χ2v) is 5.51. The van der Waals surface area contributed by atoms with Crippen LogP contribution in [0.4, 0.5) is 0 Å². The largest absolute Gasteiger partial charge is 0.454 e. The summed E-state index contributed by atoms with van der Waals surface area (Å²) in [4.78, 5) is 0. The van der Waals surface area contributed by atoms with Crippen molar-refractivity contribution in [1.82, 2.24) is 9.78 Å². The summed E-state index contributed by atoms with van der Waals surface area (Å²) in [5, 5.41) is 4.29. The summed E-state index contributed by atoms with van der Waals surface area (Å²) in [6, 6.07) is 6.50. The number of aryl methyl sites for hydroxylation is 2. The van der Waals surface area contributed by atoms with Crippen LogP contribution in [0.25, 0.3) is 0 Å². The SMILES string of the molecule is CCCn1cc(Oc2cc(CC(N)CC)ccc2C)cn1. The molecule has 0 bridgehead atoms. The van der Waals surface area contributed by atoms with Crippen LogP contribution in [0.15, 0.2) is 30.6 Å². The highest BCUT2D eigenvalue weighted by molar-refractivity contribution is 5.39. The Balaban J connectivity index is 2.12. The van der Waals surface area contributed by atoms with Gasteiger partial charge in [0.05, 0.1) is 12.4 Å². The Morgan fingerprint density at radius 1 is 1.33 bits per heavy atom. The highest BCUT2D eigenvalue weighted by Crippen LogP contribution is 2.26. The molecule has 0 saturated carbocycles. The Kier molecular flexibility index (Phi) is 5.39. The van der Waals surface area contributed by atoms with Gasteiger partial charge in [0, 0.05) is 12.6 Å². The van der Waals surface area contributed by atoms with Crippen molar-refractivity contribution in [3.8, 4) is 11.5 Å². The van der Waals surface area contributed by atoms with Crippen molar-refractivity contribution in [1.29, 1.82) is 0 Å². The van der Waals surface area contributed by atoms with Crippen LogP contribution in [-0.4, -0.2) is 15.8 Å². The maximum absolute atomic E-state index is 6.03. The van der Waals surface area contributed by atoms with Crippen LogP contribution in [-0.2, 0) is 13.0 Å². The Morgan fingerprint density at radius 3 is 2.86 bits per heavy atom. The molecule has 0 aliphatic heterocycles. The van der Waals surface area contributed by atoms with Crippen LogP contribution in [0.3, 0.4) is 0 Å². The first-order chi connectivity index (χ1) is 10.1. The van der Waals surface area contributed by atoms with E-state index in [2.05, 4.69) is 44.1 Å². The summed E-state index contributed by atoms with van der Waals surface area (Å²) in [7, 11) is 0. The fraction of sp³-hybridized carbons (Fsp3) is 0.471. The fourth-order valence-corrected chi connectivity index (χ4v) is 2.20. The molecule has 0 radical (unpaired) electrons. The summed E-state index contributed by atoms with van der Waals surface area (Å²) in [6.45, 7) is 7.20. The third-order valence-electron chi connectivity index (χ3n) is 3.56. The van der Waals surface area contributed by atoms with Crippen molar-refractivity contribution in [2.24, 2.45) is 5.73 Å². The molecule has 0 saturated heterocycles. The van der Waals surface area contributed by atoms with Gasteiger partial charge < -0.3 is 10.5 Å². The van der Waals surface area contributed by atoms with E-state index in [1.54, 1.807) is 6.20 Å². The number of nitrogens with two attached hydrogens (primary N) is 1. The fourth-order valence-electron chi connectivity index (χ4n) is 2.20. The third-order valence-corrected chi connectivity index (χ3v) is 3.56. The molecule has 1 unspecified atom stereocenters. The van der Waals surface area contributed by atoms with Crippen molar-refractivity contribution >= 4 is 0 Å². The van der Waals surface area contributed by atoms with Gasteiger partial charge in [0.1, 0.15) is 5.75 Å². The number of ether oxygens (including phenoxy) is 1. The van der Waals surface area contributed by atoms with E-state index in [1.165, 1.54) is 5.56 Å². The van der Waals surface area contributed by atoms with Crippen LogP contribution in [0.1, 0.15) is 37.8 Å².